The lowest BCUT2D eigenvalue weighted by atomic mass is 10.1. The lowest BCUT2D eigenvalue weighted by Crippen LogP contribution is -2.21. The first-order valence-corrected chi connectivity index (χ1v) is 7.03. The van der Waals surface area contributed by atoms with Crippen LogP contribution in [0.3, 0.4) is 0 Å². The third-order valence-corrected chi connectivity index (χ3v) is 3.70. The van der Waals surface area contributed by atoms with Crippen molar-refractivity contribution < 1.29 is 0 Å². The lowest BCUT2D eigenvalue weighted by Gasteiger charge is -2.12. The van der Waals surface area contributed by atoms with Gasteiger partial charge in [-0.05, 0) is 48.2 Å². The molecule has 0 bridgehead atoms. The van der Waals surface area contributed by atoms with Crippen LogP contribution in [0, 0.1) is 6.92 Å². The van der Waals surface area contributed by atoms with Crippen LogP contribution in [0.1, 0.15) is 5.56 Å². The Kier molecular flexibility index (Phi) is 3.10. The second-order valence-electron chi connectivity index (χ2n) is 4.78. The normalized spacial score (nSPS) is 10.9. The van der Waals surface area contributed by atoms with Crippen molar-refractivity contribution in [1.82, 2.24) is 4.57 Å². The van der Waals surface area contributed by atoms with Gasteiger partial charge in [0.2, 0.25) is 0 Å². The van der Waals surface area contributed by atoms with Gasteiger partial charge in [0.1, 0.15) is 5.82 Å². The molecule has 1 aromatic heterocycles. The Balaban J connectivity index is 2.39. The quantitative estimate of drug-likeness (QED) is 0.741. The van der Waals surface area contributed by atoms with E-state index in [4.69, 9.17) is 5.73 Å². The number of rotatable bonds is 1. The van der Waals surface area contributed by atoms with E-state index in [0.717, 1.165) is 21.1 Å². The molecule has 0 amide bonds. The third kappa shape index (κ3) is 2.12. The summed E-state index contributed by atoms with van der Waals surface area (Å²) in [7, 11) is 0. The van der Waals surface area contributed by atoms with Crippen LogP contribution in [0.4, 0.5) is 5.82 Å². The number of nitrogen functional groups attached to an aromatic ring is 1. The minimum absolute atomic E-state index is 0.0990. The first-order valence-electron chi connectivity index (χ1n) is 6.24. The van der Waals surface area contributed by atoms with Crippen LogP contribution in [0.25, 0.3) is 16.5 Å². The molecular formula is C16H13BrN2O. The van der Waals surface area contributed by atoms with Crippen LogP contribution in [-0.2, 0) is 0 Å². The van der Waals surface area contributed by atoms with Crippen molar-refractivity contribution >= 4 is 32.5 Å². The van der Waals surface area contributed by atoms with Crippen molar-refractivity contribution in [2.24, 2.45) is 0 Å². The fourth-order valence-corrected chi connectivity index (χ4v) is 2.99. The van der Waals surface area contributed by atoms with Gasteiger partial charge in [-0.15, -0.1) is 0 Å². The third-order valence-electron chi connectivity index (χ3n) is 3.24. The van der Waals surface area contributed by atoms with E-state index in [9.17, 15) is 4.79 Å². The number of hydrogen-bond donors (Lipinski definition) is 1. The zero-order valence-corrected chi connectivity index (χ0v) is 12.5. The van der Waals surface area contributed by atoms with E-state index in [1.165, 1.54) is 0 Å². The Morgan fingerprint density at radius 3 is 2.60 bits per heavy atom. The Labute approximate surface area is 124 Å². The van der Waals surface area contributed by atoms with E-state index in [-0.39, 0.29) is 5.56 Å². The Morgan fingerprint density at radius 2 is 1.85 bits per heavy atom. The molecule has 0 aliphatic rings. The highest BCUT2D eigenvalue weighted by Gasteiger charge is 2.09. The standard InChI is InChI=1S/C16H13BrN2O/c1-10-6-12(17)9-13(7-10)19-15(18)8-11-4-2-3-5-14(11)16(19)20/h2-9H,18H2,1H3. The average Bonchev–Trinajstić information content (AvgIpc) is 2.37. The van der Waals surface area contributed by atoms with Crippen molar-refractivity contribution in [2.75, 3.05) is 5.73 Å². The second-order valence-corrected chi connectivity index (χ2v) is 5.70. The summed E-state index contributed by atoms with van der Waals surface area (Å²) >= 11 is 3.45. The molecule has 1 heterocycles. The number of halogens is 1. The first-order chi connectivity index (χ1) is 9.56. The maximum atomic E-state index is 12.6. The maximum Gasteiger partial charge on any atom is 0.264 e. The number of anilines is 1. The fraction of sp³-hybridized carbons (Fsp3) is 0.0625. The van der Waals surface area contributed by atoms with Gasteiger partial charge in [-0.25, -0.2) is 0 Å². The summed E-state index contributed by atoms with van der Waals surface area (Å²) in [6.07, 6.45) is 0. The number of pyridine rings is 1. The number of aryl methyl sites for hydroxylation is 1. The topological polar surface area (TPSA) is 48.0 Å². The average molecular weight is 329 g/mol. The molecule has 20 heavy (non-hydrogen) atoms. The summed E-state index contributed by atoms with van der Waals surface area (Å²) in [5.41, 5.74) is 7.80. The number of fused-ring (bicyclic) bond motifs is 1. The van der Waals surface area contributed by atoms with E-state index >= 15 is 0 Å². The van der Waals surface area contributed by atoms with Crippen molar-refractivity contribution in [2.45, 2.75) is 6.92 Å². The Hall–Kier alpha value is -2.07. The molecule has 0 saturated heterocycles. The van der Waals surface area contributed by atoms with Crippen LogP contribution in [0.2, 0.25) is 0 Å². The number of aromatic nitrogens is 1. The zero-order chi connectivity index (χ0) is 14.3. The van der Waals surface area contributed by atoms with E-state index in [2.05, 4.69) is 15.9 Å². The summed E-state index contributed by atoms with van der Waals surface area (Å²) in [5, 5.41) is 1.53. The van der Waals surface area contributed by atoms with Gasteiger partial charge in [0.15, 0.2) is 0 Å². The van der Waals surface area contributed by atoms with E-state index in [1.54, 1.807) is 4.57 Å². The molecule has 3 rings (SSSR count). The molecule has 0 spiro atoms. The van der Waals surface area contributed by atoms with Gasteiger partial charge in [0.05, 0.1) is 5.69 Å². The highest BCUT2D eigenvalue weighted by Crippen LogP contribution is 2.21. The van der Waals surface area contributed by atoms with Gasteiger partial charge in [-0.2, -0.15) is 0 Å². The first kappa shape index (κ1) is 12.9. The molecule has 4 heteroatoms. The Bertz CT molecular complexity index is 848. The minimum atomic E-state index is -0.0990. The number of nitrogens with zero attached hydrogens (tertiary/aromatic N) is 1. The predicted octanol–water partition coefficient (Wildman–Crippen LogP) is 3.64. The fourth-order valence-electron chi connectivity index (χ4n) is 2.39. The number of nitrogens with two attached hydrogens (primary N) is 1. The largest absolute Gasteiger partial charge is 0.385 e. The smallest absolute Gasteiger partial charge is 0.264 e. The molecule has 100 valence electrons. The summed E-state index contributed by atoms with van der Waals surface area (Å²) in [6, 6.07) is 15.1. The zero-order valence-electron chi connectivity index (χ0n) is 10.9. The van der Waals surface area contributed by atoms with Gasteiger partial charge >= 0.3 is 0 Å². The molecule has 3 nitrogen and oxygen atoms in total. The molecule has 0 radical (unpaired) electrons. The van der Waals surface area contributed by atoms with Gasteiger partial charge in [0.25, 0.3) is 5.56 Å². The van der Waals surface area contributed by atoms with Crippen LogP contribution >= 0.6 is 15.9 Å². The SMILES string of the molecule is Cc1cc(Br)cc(-n2c(N)cc3ccccc3c2=O)c1. The number of hydrogen-bond acceptors (Lipinski definition) is 2. The van der Waals surface area contributed by atoms with Gasteiger partial charge < -0.3 is 5.73 Å². The molecule has 0 saturated carbocycles. The summed E-state index contributed by atoms with van der Waals surface area (Å²) in [5.74, 6) is 0.436. The van der Waals surface area contributed by atoms with E-state index in [1.807, 2.05) is 55.5 Å². The van der Waals surface area contributed by atoms with E-state index < -0.39 is 0 Å². The van der Waals surface area contributed by atoms with Crippen LogP contribution in [-0.4, -0.2) is 4.57 Å². The monoisotopic (exact) mass is 328 g/mol. The molecule has 0 unspecified atom stereocenters. The minimum Gasteiger partial charge on any atom is -0.385 e. The van der Waals surface area contributed by atoms with E-state index in [0.29, 0.717) is 11.2 Å². The van der Waals surface area contributed by atoms with Crippen molar-refractivity contribution in [3.05, 3.63) is 68.9 Å². The summed E-state index contributed by atoms with van der Waals surface area (Å²) in [6.45, 7) is 1.98. The van der Waals surface area contributed by atoms with Gasteiger partial charge in [-0.1, -0.05) is 34.1 Å². The molecule has 2 aromatic carbocycles. The molecular weight excluding hydrogens is 316 g/mol. The summed E-state index contributed by atoms with van der Waals surface area (Å²) < 4.78 is 2.46. The van der Waals surface area contributed by atoms with Crippen LogP contribution < -0.4 is 11.3 Å². The molecule has 3 aromatic rings. The van der Waals surface area contributed by atoms with Crippen molar-refractivity contribution in [1.29, 1.82) is 0 Å². The van der Waals surface area contributed by atoms with Crippen LogP contribution in [0.15, 0.2) is 57.8 Å². The molecule has 0 fully saturated rings. The van der Waals surface area contributed by atoms with Gasteiger partial charge in [0, 0.05) is 9.86 Å². The predicted molar refractivity (Wildman–Crippen MR) is 86.4 cm³/mol. The number of benzene rings is 2. The van der Waals surface area contributed by atoms with Gasteiger partial charge in [-0.3, -0.25) is 9.36 Å². The van der Waals surface area contributed by atoms with Crippen molar-refractivity contribution in [3.8, 4) is 5.69 Å². The lowest BCUT2D eigenvalue weighted by molar-refractivity contribution is 1.02. The highest BCUT2D eigenvalue weighted by molar-refractivity contribution is 9.10. The molecule has 0 atom stereocenters. The highest BCUT2D eigenvalue weighted by atomic mass is 79.9. The molecule has 0 aliphatic carbocycles. The van der Waals surface area contributed by atoms with Crippen molar-refractivity contribution in [3.63, 3.8) is 0 Å². The maximum absolute atomic E-state index is 12.6. The molecule has 2 N–H and O–H groups in total. The Morgan fingerprint density at radius 1 is 1.10 bits per heavy atom. The molecule has 0 aliphatic heterocycles. The van der Waals surface area contributed by atoms with Crippen LogP contribution in [0.5, 0.6) is 0 Å². The second kappa shape index (κ2) is 4.80. The summed E-state index contributed by atoms with van der Waals surface area (Å²) in [4.78, 5) is 12.6.